The van der Waals surface area contributed by atoms with Gasteiger partial charge in [0.05, 0.1) is 44.9 Å². The van der Waals surface area contributed by atoms with Crippen LogP contribution >= 0.6 is 0 Å². The van der Waals surface area contributed by atoms with E-state index in [0.29, 0.717) is 32.0 Å². The third-order valence-electron chi connectivity index (χ3n) is 5.31. The summed E-state index contributed by atoms with van der Waals surface area (Å²) < 4.78 is 10.9. The second kappa shape index (κ2) is 9.08. The lowest BCUT2D eigenvalue weighted by atomic mass is 9.91. The number of nitriles is 1. The first-order chi connectivity index (χ1) is 15.1. The van der Waals surface area contributed by atoms with Crippen molar-refractivity contribution in [2.45, 2.75) is 25.0 Å². The molecule has 1 amide bonds. The van der Waals surface area contributed by atoms with E-state index in [1.807, 2.05) is 48.5 Å². The van der Waals surface area contributed by atoms with E-state index in [2.05, 4.69) is 21.6 Å². The molecular formula is C23H23N5O3. The number of carbonyl (C=O) groups is 1. The van der Waals surface area contributed by atoms with Crippen LogP contribution in [0.5, 0.6) is 0 Å². The van der Waals surface area contributed by atoms with Crippen molar-refractivity contribution in [1.29, 1.82) is 5.26 Å². The van der Waals surface area contributed by atoms with E-state index in [1.165, 1.54) is 11.0 Å². The molecule has 3 aromatic rings. The first kappa shape index (κ1) is 20.7. The van der Waals surface area contributed by atoms with Crippen molar-refractivity contribution in [1.82, 2.24) is 15.0 Å². The monoisotopic (exact) mass is 417 g/mol. The van der Waals surface area contributed by atoms with Gasteiger partial charge in [0.15, 0.2) is 5.82 Å². The molecule has 2 heterocycles. The molecule has 1 aliphatic rings. The fourth-order valence-corrected chi connectivity index (χ4v) is 3.51. The maximum Gasteiger partial charge on any atom is 0.230 e. The average molecular weight is 417 g/mol. The normalized spacial score (nSPS) is 14.5. The minimum absolute atomic E-state index is 0.163. The molecule has 1 saturated heterocycles. The number of aromatic nitrogens is 3. The van der Waals surface area contributed by atoms with Crippen LogP contribution in [-0.2, 0) is 39.3 Å². The van der Waals surface area contributed by atoms with Gasteiger partial charge in [0, 0.05) is 7.11 Å². The second-order valence-corrected chi connectivity index (χ2v) is 7.53. The molecule has 0 aliphatic carbocycles. The summed E-state index contributed by atoms with van der Waals surface area (Å²) in [5.74, 6) is 0.240. The minimum Gasteiger partial charge on any atom is -0.375 e. The number of carbonyl (C=O) groups excluding carboxylic acids is 1. The second-order valence-electron chi connectivity index (χ2n) is 7.53. The maximum atomic E-state index is 12.4. The highest BCUT2D eigenvalue weighted by Gasteiger charge is 2.40. The Kier molecular flexibility index (Phi) is 6.07. The van der Waals surface area contributed by atoms with Crippen LogP contribution in [0.4, 0.5) is 5.82 Å². The summed E-state index contributed by atoms with van der Waals surface area (Å²) in [4.78, 5) is 13.9. The number of hydrogen-bond acceptors (Lipinski definition) is 6. The van der Waals surface area contributed by atoms with E-state index in [0.717, 1.165) is 22.3 Å². The Morgan fingerprint density at radius 1 is 1.23 bits per heavy atom. The first-order valence-corrected chi connectivity index (χ1v) is 9.97. The third-order valence-corrected chi connectivity index (χ3v) is 5.31. The number of nitrogens with zero attached hydrogens (tertiary/aromatic N) is 4. The number of hydrogen-bond donors (Lipinski definition) is 1. The van der Waals surface area contributed by atoms with Crippen LogP contribution < -0.4 is 5.32 Å². The molecule has 31 heavy (non-hydrogen) atoms. The predicted molar refractivity (Wildman–Crippen MR) is 113 cm³/mol. The Morgan fingerprint density at radius 2 is 2.00 bits per heavy atom. The van der Waals surface area contributed by atoms with Crippen molar-refractivity contribution < 1.29 is 14.3 Å². The lowest BCUT2D eigenvalue weighted by molar-refractivity contribution is -0.202. The van der Waals surface area contributed by atoms with Crippen LogP contribution in [0, 0.1) is 11.3 Å². The molecule has 4 rings (SSSR count). The number of anilines is 1. The summed E-state index contributed by atoms with van der Waals surface area (Å²) in [6.45, 7) is 1.55. The molecule has 0 atom stereocenters. The van der Waals surface area contributed by atoms with Gasteiger partial charge in [-0.3, -0.25) is 4.79 Å². The highest BCUT2D eigenvalue weighted by atomic mass is 16.6. The summed E-state index contributed by atoms with van der Waals surface area (Å²) >= 11 is 0. The van der Waals surface area contributed by atoms with Gasteiger partial charge in [0.1, 0.15) is 5.60 Å². The zero-order chi connectivity index (χ0) is 21.7. The number of nitrogens with one attached hydrogen (secondary N) is 1. The number of rotatable bonds is 8. The predicted octanol–water partition coefficient (Wildman–Crippen LogP) is 2.45. The van der Waals surface area contributed by atoms with Gasteiger partial charge >= 0.3 is 0 Å². The van der Waals surface area contributed by atoms with Crippen molar-refractivity contribution in [3.05, 3.63) is 77.0 Å². The summed E-state index contributed by atoms with van der Waals surface area (Å²) in [6, 6.07) is 17.7. The molecule has 0 saturated carbocycles. The molecule has 8 nitrogen and oxygen atoms in total. The molecule has 0 spiro atoms. The number of benzene rings is 2. The van der Waals surface area contributed by atoms with Gasteiger partial charge in [-0.1, -0.05) is 48.5 Å². The minimum atomic E-state index is -0.368. The number of methoxy groups -OCH3 is 1. The van der Waals surface area contributed by atoms with Crippen LogP contribution in [0.1, 0.15) is 22.3 Å². The molecule has 0 unspecified atom stereocenters. The molecular weight excluding hydrogens is 394 g/mol. The first-order valence-electron chi connectivity index (χ1n) is 9.97. The van der Waals surface area contributed by atoms with Gasteiger partial charge in [0.2, 0.25) is 5.91 Å². The largest absolute Gasteiger partial charge is 0.375 e. The van der Waals surface area contributed by atoms with E-state index in [-0.39, 0.29) is 17.9 Å². The van der Waals surface area contributed by atoms with Crippen LogP contribution in [0.2, 0.25) is 0 Å². The van der Waals surface area contributed by atoms with Gasteiger partial charge < -0.3 is 14.8 Å². The van der Waals surface area contributed by atoms with Gasteiger partial charge in [-0.15, -0.1) is 5.10 Å². The molecule has 158 valence electrons. The van der Waals surface area contributed by atoms with Crippen molar-refractivity contribution in [3.63, 3.8) is 0 Å². The maximum absolute atomic E-state index is 12.4. The summed E-state index contributed by atoms with van der Waals surface area (Å²) in [5, 5.41) is 20.2. The molecule has 1 fully saturated rings. The van der Waals surface area contributed by atoms with Crippen molar-refractivity contribution in [2.24, 2.45) is 0 Å². The van der Waals surface area contributed by atoms with Crippen LogP contribution in [0.3, 0.4) is 0 Å². The van der Waals surface area contributed by atoms with Crippen molar-refractivity contribution in [3.8, 4) is 6.07 Å². The molecule has 0 bridgehead atoms. The molecule has 1 N–H and O–H groups in total. The van der Waals surface area contributed by atoms with E-state index < -0.39 is 0 Å². The average Bonchev–Trinajstić information content (AvgIpc) is 3.16. The van der Waals surface area contributed by atoms with Crippen LogP contribution in [-0.4, -0.2) is 41.2 Å². The van der Waals surface area contributed by atoms with Gasteiger partial charge in [-0.25, -0.2) is 0 Å². The lowest BCUT2D eigenvalue weighted by Crippen LogP contribution is -2.48. The van der Waals surface area contributed by atoms with E-state index >= 15 is 0 Å². The standard InChI is InChI=1S/C23H23N5O3/c1-30-23(15-31-16-23)20-7-5-18(6-8-20)12-22(29)26-21-13-25-28(27-21)14-19-4-2-3-17(11-19)9-10-24/h2-8,11,13H,9,12,14-16H2,1H3,(H,26,27,29). The van der Waals surface area contributed by atoms with E-state index in [9.17, 15) is 4.79 Å². The zero-order valence-corrected chi connectivity index (χ0v) is 17.2. The van der Waals surface area contributed by atoms with E-state index in [4.69, 9.17) is 14.7 Å². The lowest BCUT2D eigenvalue weighted by Gasteiger charge is -2.40. The molecule has 1 aromatic heterocycles. The number of ether oxygens (including phenoxy) is 2. The highest BCUT2D eigenvalue weighted by Crippen LogP contribution is 2.33. The van der Waals surface area contributed by atoms with Gasteiger partial charge in [-0.2, -0.15) is 15.2 Å². The van der Waals surface area contributed by atoms with Crippen LogP contribution in [0.25, 0.3) is 0 Å². The Labute approximate surface area is 180 Å². The Hall–Kier alpha value is -3.54. The Balaban J connectivity index is 1.33. The molecule has 1 aliphatic heterocycles. The summed E-state index contributed by atoms with van der Waals surface area (Å²) in [7, 11) is 1.68. The van der Waals surface area contributed by atoms with Crippen molar-refractivity contribution >= 4 is 11.7 Å². The van der Waals surface area contributed by atoms with E-state index in [1.54, 1.807) is 7.11 Å². The van der Waals surface area contributed by atoms with Crippen LogP contribution in [0.15, 0.2) is 54.7 Å². The fourth-order valence-electron chi connectivity index (χ4n) is 3.51. The van der Waals surface area contributed by atoms with Crippen molar-refractivity contribution in [2.75, 3.05) is 25.6 Å². The summed E-state index contributed by atoms with van der Waals surface area (Å²) in [5.41, 5.74) is 3.52. The number of amides is 1. The molecule has 8 heteroatoms. The Morgan fingerprint density at radius 3 is 2.68 bits per heavy atom. The zero-order valence-electron chi connectivity index (χ0n) is 17.2. The topological polar surface area (TPSA) is 102 Å². The SMILES string of the molecule is COC1(c2ccc(CC(=O)Nc3cnn(Cc4cccc(CC#N)c4)n3)cc2)COC1. The summed E-state index contributed by atoms with van der Waals surface area (Å²) in [6.07, 6.45) is 2.13. The molecule has 2 aromatic carbocycles. The third kappa shape index (κ3) is 4.79. The van der Waals surface area contributed by atoms with Gasteiger partial charge in [0.25, 0.3) is 0 Å². The Bertz CT molecular complexity index is 1090. The van der Waals surface area contributed by atoms with Gasteiger partial charge in [-0.05, 0) is 22.3 Å². The fraction of sp³-hybridized carbons (Fsp3) is 0.304. The smallest absolute Gasteiger partial charge is 0.230 e. The highest BCUT2D eigenvalue weighted by molar-refractivity contribution is 5.91. The quantitative estimate of drug-likeness (QED) is 0.604. The molecule has 0 radical (unpaired) electrons.